The van der Waals surface area contributed by atoms with Gasteiger partial charge < -0.3 is 5.11 Å². The van der Waals surface area contributed by atoms with Gasteiger partial charge in [-0.25, -0.2) is 4.79 Å². The summed E-state index contributed by atoms with van der Waals surface area (Å²) in [5.74, 6) is -2.02. The first-order valence-electron chi connectivity index (χ1n) is 4.87. The van der Waals surface area contributed by atoms with Crippen molar-refractivity contribution < 1.29 is 19.6 Å². The van der Waals surface area contributed by atoms with Crippen LogP contribution in [0.15, 0.2) is 23.9 Å². The van der Waals surface area contributed by atoms with Gasteiger partial charge in [0.05, 0.1) is 10.3 Å². The zero-order valence-corrected chi connectivity index (χ0v) is 10.0. The minimum Gasteiger partial charge on any atom is -0.478 e. The summed E-state index contributed by atoms with van der Waals surface area (Å²) in [5, 5.41) is 19.9. The molecule has 1 N–H and O–H groups in total. The van der Waals surface area contributed by atoms with Gasteiger partial charge in [-0.15, -0.1) is 0 Å². The van der Waals surface area contributed by atoms with E-state index in [1.807, 2.05) is 0 Å². The average molecular weight is 241 g/mol. The van der Waals surface area contributed by atoms with Crippen molar-refractivity contribution in [1.82, 2.24) is 0 Å². The van der Waals surface area contributed by atoms with Crippen molar-refractivity contribution in [2.45, 2.75) is 27.2 Å². The molecule has 0 aliphatic heterocycles. The Morgan fingerprint density at radius 1 is 1.41 bits per heavy atom. The maximum Gasteiger partial charge on any atom is 0.338 e. The van der Waals surface area contributed by atoms with Gasteiger partial charge in [0.25, 0.3) is 5.70 Å². The fourth-order valence-corrected chi connectivity index (χ4v) is 1.34. The zero-order chi connectivity index (χ0) is 13.8. The van der Waals surface area contributed by atoms with Crippen LogP contribution >= 0.6 is 0 Å². The largest absolute Gasteiger partial charge is 0.478 e. The van der Waals surface area contributed by atoms with Crippen LogP contribution in [0, 0.1) is 15.5 Å². The van der Waals surface area contributed by atoms with E-state index >= 15 is 0 Å². The summed E-state index contributed by atoms with van der Waals surface area (Å²) < 4.78 is 0. The van der Waals surface area contributed by atoms with Crippen molar-refractivity contribution in [3.05, 3.63) is 34.0 Å². The van der Waals surface area contributed by atoms with Gasteiger partial charge in [0, 0.05) is 6.42 Å². The minimum atomic E-state index is -1.46. The number of carboxylic acid groups (broad SMARTS) is 1. The van der Waals surface area contributed by atoms with Crippen LogP contribution in [-0.4, -0.2) is 21.8 Å². The van der Waals surface area contributed by atoms with E-state index in [0.717, 1.165) is 6.08 Å². The lowest BCUT2D eigenvalue weighted by Gasteiger charge is -2.16. The number of carbonyl (C=O) groups excluding carboxylic acids is 1. The maximum atomic E-state index is 11.1. The Morgan fingerprint density at radius 2 is 1.88 bits per heavy atom. The minimum absolute atomic E-state index is 0.458. The molecule has 0 saturated carbocycles. The normalized spacial score (nSPS) is 12.6. The molecule has 0 aromatic heterocycles. The van der Waals surface area contributed by atoms with Crippen molar-refractivity contribution in [3.63, 3.8) is 0 Å². The lowest BCUT2D eigenvalue weighted by Crippen LogP contribution is -2.23. The molecule has 94 valence electrons. The number of nitrogens with zero attached hydrogens (tertiary/aromatic N) is 1. The second kappa shape index (κ2) is 5.38. The third kappa shape index (κ3) is 4.18. The average Bonchev–Trinajstić information content (AvgIpc) is 2.13. The van der Waals surface area contributed by atoms with E-state index in [2.05, 4.69) is 6.58 Å². The van der Waals surface area contributed by atoms with Crippen LogP contribution in [0.1, 0.15) is 27.2 Å². The molecule has 0 fully saturated rings. The molecule has 0 bridgehead atoms. The van der Waals surface area contributed by atoms with E-state index in [0.29, 0.717) is 0 Å². The first kappa shape index (κ1) is 15.0. The van der Waals surface area contributed by atoms with E-state index in [1.54, 1.807) is 0 Å². The topological polar surface area (TPSA) is 97.5 Å². The molecule has 0 rings (SSSR count). The van der Waals surface area contributed by atoms with Gasteiger partial charge in [0.15, 0.2) is 5.78 Å². The third-order valence-corrected chi connectivity index (χ3v) is 2.02. The van der Waals surface area contributed by atoms with Gasteiger partial charge in [-0.2, -0.15) is 0 Å². The molecule has 0 amide bonds. The van der Waals surface area contributed by atoms with Gasteiger partial charge in [-0.3, -0.25) is 14.9 Å². The highest BCUT2D eigenvalue weighted by molar-refractivity contribution is 5.99. The van der Waals surface area contributed by atoms with Crippen molar-refractivity contribution in [1.29, 1.82) is 0 Å². The van der Waals surface area contributed by atoms with Crippen LogP contribution in [0.25, 0.3) is 0 Å². The molecule has 0 saturated heterocycles. The maximum absolute atomic E-state index is 11.1. The van der Waals surface area contributed by atoms with Gasteiger partial charge in [0.2, 0.25) is 0 Å². The number of allylic oxidation sites excluding steroid dienone is 2. The Hall–Kier alpha value is -1.98. The highest BCUT2D eigenvalue weighted by Crippen LogP contribution is 2.30. The molecule has 17 heavy (non-hydrogen) atoms. The molecule has 0 aliphatic rings. The number of rotatable bonds is 5. The first-order chi connectivity index (χ1) is 7.61. The third-order valence-electron chi connectivity index (χ3n) is 2.02. The van der Waals surface area contributed by atoms with Gasteiger partial charge in [0.1, 0.15) is 5.57 Å². The zero-order valence-electron chi connectivity index (χ0n) is 10.0. The standard InChI is InChI=1S/C11H15NO5/c1-5-7(13)6-8(10(14)15)9(12(16)17)11(2,3)4/h5H,1,6H2,2-4H3,(H,14,15). The monoisotopic (exact) mass is 241 g/mol. The van der Waals surface area contributed by atoms with Gasteiger partial charge in [-0.05, 0) is 26.8 Å². The van der Waals surface area contributed by atoms with Gasteiger partial charge in [-0.1, -0.05) is 6.58 Å². The van der Waals surface area contributed by atoms with Crippen LogP contribution in [0.2, 0.25) is 0 Å². The van der Waals surface area contributed by atoms with Gasteiger partial charge >= 0.3 is 5.97 Å². The number of carbonyl (C=O) groups is 2. The number of nitro groups is 1. The summed E-state index contributed by atoms with van der Waals surface area (Å²) in [7, 11) is 0. The van der Waals surface area contributed by atoms with E-state index in [1.165, 1.54) is 20.8 Å². The SMILES string of the molecule is C=CC(=O)CC(C(=O)O)=C([N+](=O)[O-])C(C)(C)C. The Labute approximate surface area is 98.8 Å². The van der Waals surface area contributed by atoms with E-state index in [9.17, 15) is 19.7 Å². The molecule has 6 nitrogen and oxygen atoms in total. The molecule has 6 heteroatoms. The Morgan fingerprint density at radius 3 is 2.12 bits per heavy atom. The molecule has 0 heterocycles. The first-order valence-corrected chi connectivity index (χ1v) is 4.87. The van der Waals surface area contributed by atoms with Crippen molar-refractivity contribution >= 4 is 11.8 Å². The Balaban J connectivity index is 5.78. The number of carboxylic acids is 1. The van der Waals surface area contributed by atoms with Crippen LogP contribution in [0.5, 0.6) is 0 Å². The second-order valence-corrected chi connectivity index (χ2v) is 4.49. The number of ketones is 1. The van der Waals surface area contributed by atoms with E-state index < -0.39 is 39.8 Å². The van der Waals surface area contributed by atoms with Crippen LogP contribution in [0.4, 0.5) is 0 Å². The second-order valence-electron chi connectivity index (χ2n) is 4.49. The molecule has 0 aromatic carbocycles. The van der Waals surface area contributed by atoms with Crippen molar-refractivity contribution in [2.24, 2.45) is 5.41 Å². The number of hydrogen-bond acceptors (Lipinski definition) is 4. The Bertz CT molecular complexity index is 401. The summed E-state index contributed by atoms with van der Waals surface area (Å²) in [4.78, 5) is 32.3. The quantitative estimate of drug-likeness (QED) is 0.449. The predicted octanol–water partition coefficient (Wildman–Crippen LogP) is 1.79. The number of hydrogen-bond donors (Lipinski definition) is 1. The summed E-state index contributed by atoms with van der Waals surface area (Å²) >= 11 is 0. The van der Waals surface area contributed by atoms with E-state index in [-0.39, 0.29) is 0 Å². The molecule has 0 unspecified atom stereocenters. The lowest BCUT2D eigenvalue weighted by atomic mass is 9.87. The molecular formula is C11H15NO5. The van der Waals surface area contributed by atoms with Crippen LogP contribution in [-0.2, 0) is 9.59 Å². The molecule has 0 spiro atoms. The predicted molar refractivity (Wildman–Crippen MR) is 60.9 cm³/mol. The molecular weight excluding hydrogens is 226 g/mol. The molecule has 0 atom stereocenters. The molecule has 0 aliphatic carbocycles. The Kier molecular flexibility index (Phi) is 4.75. The molecule has 0 radical (unpaired) electrons. The molecule has 0 aromatic rings. The highest BCUT2D eigenvalue weighted by atomic mass is 16.6. The fraction of sp³-hybridized carbons (Fsp3) is 0.455. The van der Waals surface area contributed by atoms with E-state index in [4.69, 9.17) is 5.11 Å². The van der Waals surface area contributed by atoms with Crippen LogP contribution in [0.3, 0.4) is 0 Å². The van der Waals surface area contributed by atoms with Crippen molar-refractivity contribution in [2.75, 3.05) is 0 Å². The summed E-state index contributed by atoms with van der Waals surface area (Å²) in [6.07, 6.45) is 0.426. The summed E-state index contributed by atoms with van der Waals surface area (Å²) in [6, 6.07) is 0. The smallest absolute Gasteiger partial charge is 0.338 e. The lowest BCUT2D eigenvalue weighted by molar-refractivity contribution is -0.440. The van der Waals surface area contributed by atoms with Crippen LogP contribution < -0.4 is 0 Å². The fourth-order valence-electron chi connectivity index (χ4n) is 1.34. The summed E-state index contributed by atoms with van der Waals surface area (Å²) in [5.41, 5.74) is -1.91. The number of aliphatic carboxylic acids is 1. The van der Waals surface area contributed by atoms with Crippen molar-refractivity contribution in [3.8, 4) is 0 Å². The highest BCUT2D eigenvalue weighted by Gasteiger charge is 2.35. The summed E-state index contributed by atoms with van der Waals surface area (Å²) in [6.45, 7) is 7.77.